The molecule has 0 N–H and O–H groups in total. The summed E-state index contributed by atoms with van der Waals surface area (Å²) in [5, 5.41) is 0.812. The van der Waals surface area contributed by atoms with Gasteiger partial charge in [0.2, 0.25) is 5.91 Å². The maximum atomic E-state index is 12.4. The summed E-state index contributed by atoms with van der Waals surface area (Å²) in [6.07, 6.45) is 6.26. The van der Waals surface area contributed by atoms with E-state index in [2.05, 4.69) is 11.0 Å². The van der Waals surface area contributed by atoms with Crippen LogP contribution < -0.4 is 0 Å². The fraction of sp³-hybridized carbons (Fsp3) is 0.650. The maximum Gasteiger partial charge on any atom is 0.225 e. The highest BCUT2D eigenvalue weighted by molar-refractivity contribution is 6.30. The van der Waals surface area contributed by atoms with Crippen molar-refractivity contribution in [3.05, 3.63) is 34.9 Å². The molecule has 0 aliphatic carbocycles. The molecule has 0 spiro atoms. The number of halogens is 1. The second-order valence-electron chi connectivity index (χ2n) is 7.15. The van der Waals surface area contributed by atoms with Crippen LogP contribution in [0.3, 0.4) is 0 Å². The van der Waals surface area contributed by atoms with E-state index in [0.29, 0.717) is 6.42 Å². The van der Waals surface area contributed by atoms with E-state index >= 15 is 0 Å². The van der Waals surface area contributed by atoms with Crippen molar-refractivity contribution in [2.75, 3.05) is 39.3 Å². The van der Waals surface area contributed by atoms with Crippen molar-refractivity contribution in [3.63, 3.8) is 0 Å². The smallest absolute Gasteiger partial charge is 0.225 e. The molecule has 0 bridgehead atoms. The highest BCUT2D eigenvalue weighted by Gasteiger charge is 2.24. The summed E-state index contributed by atoms with van der Waals surface area (Å²) in [5.74, 6) is 0.269. The number of benzene rings is 1. The van der Waals surface area contributed by atoms with Crippen LogP contribution in [0.15, 0.2) is 24.3 Å². The van der Waals surface area contributed by atoms with Crippen LogP contribution in [-0.4, -0.2) is 61.1 Å². The van der Waals surface area contributed by atoms with Crippen molar-refractivity contribution in [2.24, 2.45) is 0 Å². The molecule has 2 saturated heterocycles. The summed E-state index contributed by atoms with van der Waals surface area (Å²) in [7, 11) is 0. The van der Waals surface area contributed by atoms with Gasteiger partial charge in [-0.2, -0.15) is 0 Å². The summed E-state index contributed by atoms with van der Waals surface area (Å²) in [6, 6.07) is 8.11. The van der Waals surface area contributed by atoms with Gasteiger partial charge in [0.15, 0.2) is 0 Å². The highest BCUT2D eigenvalue weighted by atomic mass is 35.5. The molecule has 2 aliphatic rings. The van der Waals surface area contributed by atoms with Crippen LogP contribution in [0.25, 0.3) is 0 Å². The molecule has 2 aliphatic heterocycles. The molecule has 1 atom stereocenters. The van der Waals surface area contributed by atoms with Crippen LogP contribution in [0.1, 0.15) is 37.7 Å². The molecule has 0 aromatic heterocycles. The molecule has 0 radical (unpaired) electrons. The normalized spacial score (nSPS) is 22.1. The van der Waals surface area contributed by atoms with Crippen molar-refractivity contribution >= 4 is 17.5 Å². The molecule has 1 aromatic carbocycles. The third-order valence-electron chi connectivity index (χ3n) is 5.23. The molecular formula is C20H29ClN2O2. The number of carbonyl (C=O) groups is 1. The Morgan fingerprint density at radius 1 is 1.20 bits per heavy atom. The summed E-state index contributed by atoms with van der Waals surface area (Å²) < 4.78 is 5.70. The summed E-state index contributed by atoms with van der Waals surface area (Å²) in [6.45, 7) is 5.56. The zero-order valence-electron chi connectivity index (χ0n) is 15.0. The predicted octanol–water partition coefficient (Wildman–Crippen LogP) is 3.38. The highest BCUT2D eigenvalue weighted by Crippen LogP contribution is 2.17. The van der Waals surface area contributed by atoms with Crippen LogP contribution in [-0.2, 0) is 16.0 Å². The number of hydrogen-bond acceptors (Lipinski definition) is 3. The second-order valence-corrected chi connectivity index (χ2v) is 7.59. The fourth-order valence-corrected chi connectivity index (χ4v) is 3.93. The number of rotatable bonds is 6. The fourth-order valence-electron chi connectivity index (χ4n) is 3.71. The first-order chi connectivity index (χ1) is 12.2. The molecule has 0 saturated carbocycles. The largest absolute Gasteiger partial charge is 0.378 e. The standard InChI is InChI=1S/C20H29ClN2O2/c21-18-7-3-5-17(15-18)6-4-9-22-10-12-23(13-11-22)20(24)16-19-8-1-2-14-25-19/h3,5,7,15,19H,1-2,4,6,8-14,16H2. The average molecular weight is 365 g/mol. The van der Waals surface area contributed by atoms with E-state index in [1.807, 2.05) is 23.1 Å². The molecule has 3 rings (SSSR count). The number of hydrogen-bond donors (Lipinski definition) is 0. The third kappa shape index (κ3) is 5.98. The first-order valence-corrected chi connectivity index (χ1v) is 9.95. The maximum absolute atomic E-state index is 12.4. The molecule has 4 nitrogen and oxygen atoms in total. The minimum Gasteiger partial charge on any atom is -0.378 e. The Hall–Kier alpha value is -1.10. The Balaban J connectivity index is 1.33. The van der Waals surface area contributed by atoms with E-state index in [1.54, 1.807) is 0 Å². The lowest BCUT2D eigenvalue weighted by atomic mass is 10.1. The van der Waals surface area contributed by atoms with Gasteiger partial charge in [-0.05, 0) is 56.3 Å². The SMILES string of the molecule is O=C(CC1CCCCO1)N1CCN(CCCc2cccc(Cl)c2)CC1. The number of nitrogens with zero attached hydrogens (tertiary/aromatic N) is 2. The van der Waals surface area contributed by atoms with Crippen LogP contribution in [0.4, 0.5) is 0 Å². The van der Waals surface area contributed by atoms with Gasteiger partial charge in [0.1, 0.15) is 0 Å². The number of ether oxygens (including phenoxy) is 1. The molecule has 1 unspecified atom stereocenters. The quantitative estimate of drug-likeness (QED) is 0.775. The van der Waals surface area contributed by atoms with Crippen molar-refractivity contribution in [2.45, 2.75) is 44.6 Å². The Morgan fingerprint density at radius 3 is 2.76 bits per heavy atom. The first kappa shape index (κ1) is 18.7. The van der Waals surface area contributed by atoms with Gasteiger partial charge in [-0.15, -0.1) is 0 Å². The molecule has 2 heterocycles. The molecular weight excluding hydrogens is 336 g/mol. The van der Waals surface area contributed by atoms with Crippen molar-refractivity contribution in [1.82, 2.24) is 9.80 Å². The lowest BCUT2D eigenvalue weighted by Crippen LogP contribution is -2.49. The molecule has 138 valence electrons. The lowest BCUT2D eigenvalue weighted by molar-refractivity contribution is -0.136. The first-order valence-electron chi connectivity index (χ1n) is 9.57. The Labute approximate surface area is 156 Å². The Bertz CT molecular complexity index is 552. The molecule has 1 amide bonds. The summed E-state index contributed by atoms with van der Waals surface area (Å²) in [4.78, 5) is 16.9. The van der Waals surface area contributed by atoms with Crippen molar-refractivity contribution in [1.29, 1.82) is 0 Å². The Kier molecular flexibility index (Phi) is 7.14. The van der Waals surface area contributed by atoms with Crippen LogP contribution in [0.2, 0.25) is 5.02 Å². The average Bonchev–Trinajstić information content (AvgIpc) is 2.63. The van der Waals surface area contributed by atoms with Crippen molar-refractivity contribution in [3.8, 4) is 0 Å². The monoisotopic (exact) mass is 364 g/mol. The third-order valence-corrected chi connectivity index (χ3v) is 5.47. The number of amides is 1. The molecule has 25 heavy (non-hydrogen) atoms. The van der Waals surface area contributed by atoms with Crippen LogP contribution in [0, 0.1) is 0 Å². The number of aryl methyl sites for hydroxylation is 1. The van der Waals surface area contributed by atoms with Gasteiger partial charge in [0.05, 0.1) is 12.5 Å². The van der Waals surface area contributed by atoms with Gasteiger partial charge in [-0.3, -0.25) is 9.69 Å². The zero-order chi connectivity index (χ0) is 17.5. The molecule has 5 heteroatoms. The van der Waals surface area contributed by atoms with Crippen molar-refractivity contribution < 1.29 is 9.53 Å². The number of piperazine rings is 1. The minimum atomic E-state index is 0.150. The van der Waals surface area contributed by atoms with Crippen LogP contribution in [0.5, 0.6) is 0 Å². The molecule has 2 fully saturated rings. The summed E-state index contributed by atoms with van der Waals surface area (Å²) >= 11 is 6.03. The van der Waals surface area contributed by atoms with Crippen LogP contribution >= 0.6 is 11.6 Å². The van der Waals surface area contributed by atoms with E-state index < -0.39 is 0 Å². The number of carbonyl (C=O) groups excluding carboxylic acids is 1. The van der Waals surface area contributed by atoms with Gasteiger partial charge in [0, 0.05) is 37.8 Å². The van der Waals surface area contributed by atoms with E-state index in [4.69, 9.17) is 16.3 Å². The minimum absolute atomic E-state index is 0.150. The summed E-state index contributed by atoms with van der Waals surface area (Å²) in [5.41, 5.74) is 1.30. The zero-order valence-corrected chi connectivity index (χ0v) is 15.7. The molecule has 1 aromatic rings. The predicted molar refractivity (Wildman–Crippen MR) is 101 cm³/mol. The Morgan fingerprint density at radius 2 is 2.04 bits per heavy atom. The lowest BCUT2D eigenvalue weighted by Gasteiger charge is -2.35. The van der Waals surface area contributed by atoms with E-state index in [1.165, 1.54) is 12.0 Å². The van der Waals surface area contributed by atoms with E-state index in [0.717, 1.165) is 70.0 Å². The van der Waals surface area contributed by atoms with Gasteiger partial charge in [-0.1, -0.05) is 23.7 Å². The topological polar surface area (TPSA) is 32.8 Å². The van der Waals surface area contributed by atoms with Gasteiger partial charge < -0.3 is 9.64 Å². The van der Waals surface area contributed by atoms with E-state index in [-0.39, 0.29) is 12.0 Å². The van der Waals surface area contributed by atoms with E-state index in [9.17, 15) is 4.79 Å². The second kappa shape index (κ2) is 9.56. The van der Waals surface area contributed by atoms with Gasteiger partial charge >= 0.3 is 0 Å². The van der Waals surface area contributed by atoms with Gasteiger partial charge in [0.25, 0.3) is 0 Å². The van der Waals surface area contributed by atoms with Gasteiger partial charge in [-0.25, -0.2) is 0 Å².